The molecule has 0 aliphatic rings. The van der Waals surface area contributed by atoms with Gasteiger partial charge in [0.25, 0.3) is 5.91 Å². The molecule has 0 saturated carbocycles. The van der Waals surface area contributed by atoms with E-state index in [1.165, 1.54) is 18.2 Å². The van der Waals surface area contributed by atoms with Crippen molar-refractivity contribution in [3.05, 3.63) is 34.1 Å². The van der Waals surface area contributed by atoms with Crippen molar-refractivity contribution in [2.24, 2.45) is 5.41 Å². The van der Waals surface area contributed by atoms with Gasteiger partial charge in [0.2, 0.25) is 0 Å². The van der Waals surface area contributed by atoms with Gasteiger partial charge in [-0.2, -0.15) is 0 Å². The van der Waals surface area contributed by atoms with E-state index in [1.54, 1.807) is 0 Å². The van der Waals surface area contributed by atoms with Crippen LogP contribution >= 0.6 is 15.9 Å². The Labute approximate surface area is 125 Å². The number of carbonyl (C=O) groups excluding carboxylic acids is 1. The average Bonchev–Trinajstić information content (AvgIpc) is 2.30. The molecule has 1 atom stereocenters. The first-order valence-corrected chi connectivity index (χ1v) is 6.89. The van der Waals surface area contributed by atoms with E-state index in [0.29, 0.717) is 0 Å². The summed E-state index contributed by atoms with van der Waals surface area (Å²) in [5.74, 6) is -2.04. The molecule has 0 aliphatic carbocycles. The fourth-order valence-corrected chi connectivity index (χ4v) is 2.11. The lowest BCUT2D eigenvalue weighted by Gasteiger charge is -2.30. The first-order chi connectivity index (χ1) is 9.12. The maximum Gasteiger partial charge on any atom is 0.305 e. The number of carboxylic acid groups (broad SMARTS) is 1. The van der Waals surface area contributed by atoms with Crippen LogP contribution in [0, 0.1) is 11.2 Å². The molecule has 0 aliphatic heterocycles. The molecule has 110 valence electrons. The van der Waals surface area contributed by atoms with Gasteiger partial charge in [0.1, 0.15) is 5.82 Å². The SMILES string of the molecule is CC(C)(C)C(CC(=O)O)NC(=O)c1cccc(F)c1Br. The van der Waals surface area contributed by atoms with Gasteiger partial charge in [-0.25, -0.2) is 4.39 Å². The van der Waals surface area contributed by atoms with E-state index in [-0.39, 0.29) is 16.5 Å². The fraction of sp³-hybridized carbons (Fsp3) is 0.429. The molecule has 1 amide bonds. The average molecular weight is 346 g/mol. The van der Waals surface area contributed by atoms with E-state index < -0.39 is 29.2 Å². The van der Waals surface area contributed by atoms with Crippen molar-refractivity contribution in [3.8, 4) is 0 Å². The summed E-state index contributed by atoms with van der Waals surface area (Å²) in [5, 5.41) is 11.6. The third-order valence-electron chi connectivity index (χ3n) is 2.93. The monoisotopic (exact) mass is 345 g/mol. The van der Waals surface area contributed by atoms with Crippen molar-refractivity contribution in [3.63, 3.8) is 0 Å². The van der Waals surface area contributed by atoms with Crippen molar-refractivity contribution in [2.45, 2.75) is 33.2 Å². The Balaban J connectivity index is 2.96. The van der Waals surface area contributed by atoms with Crippen LogP contribution in [0.4, 0.5) is 4.39 Å². The molecule has 20 heavy (non-hydrogen) atoms. The highest BCUT2D eigenvalue weighted by Crippen LogP contribution is 2.24. The van der Waals surface area contributed by atoms with Crippen LogP contribution in [0.2, 0.25) is 0 Å². The molecule has 0 aromatic heterocycles. The standard InChI is InChI=1S/C14H17BrFNO3/c1-14(2,3)10(7-11(18)19)17-13(20)8-5-4-6-9(16)12(8)15/h4-6,10H,7H2,1-3H3,(H,17,20)(H,18,19). The molecule has 1 aromatic carbocycles. The number of carbonyl (C=O) groups is 2. The molecule has 2 N–H and O–H groups in total. The molecule has 1 rings (SSSR count). The van der Waals surface area contributed by atoms with Crippen LogP contribution in [0.3, 0.4) is 0 Å². The van der Waals surface area contributed by atoms with Crippen molar-refractivity contribution in [1.29, 1.82) is 0 Å². The van der Waals surface area contributed by atoms with E-state index >= 15 is 0 Å². The second-order valence-electron chi connectivity index (χ2n) is 5.59. The number of benzene rings is 1. The van der Waals surface area contributed by atoms with Gasteiger partial charge in [-0.3, -0.25) is 9.59 Å². The number of hydrogen-bond donors (Lipinski definition) is 2. The third-order valence-corrected chi connectivity index (χ3v) is 3.73. The molecule has 0 radical (unpaired) electrons. The zero-order chi connectivity index (χ0) is 15.5. The molecular formula is C14H17BrFNO3. The number of amides is 1. The lowest BCUT2D eigenvalue weighted by atomic mass is 9.84. The van der Waals surface area contributed by atoms with Gasteiger partial charge < -0.3 is 10.4 Å². The van der Waals surface area contributed by atoms with Crippen molar-refractivity contribution >= 4 is 27.8 Å². The summed E-state index contributed by atoms with van der Waals surface area (Å²) in [6.07, 6.45) is -0.192. The van der Waals surface area contributed by atoms with Crippen LogP contribution in [-0.2, 0) is 4.79 Å². The summed E-state index contributed by atoms with van der Waals surface area (Å²) < 4.78 is 13.5. The minimum Gasteiger partial charge on any atom is -0.481 e. The predicted molar refractivity (Wildman–Crippen MR) is 77.1 cm³/mol. The fourth-order valence-electron chi connectivity index (χ4n) is 1.66. The molecule has 0 saturated heterocycles. The lowest BCUT2D eigenvalue weighted by Crippen LogP contribution is -2.45. The number of hydrogen-bond acceptors (Lipinski definition) is 2. The maximum absolute atomic E-state index is 13.4. The number of aliphatic carboxylic acids is 1. The molecule has 6 heteroatoms. The third kappa shape index (κ3) is 4.30. The van der Waals surface area contributed by atoms with Crippen LogP contribution < -0.4 is 5.32 Å². The zero-order valence-electron chi connectivity index (χ0n) is 11.5. The van der Waals surface area contributed by atoms with E-state index in [2.05, 4.69) is 21.2 Å². The highest BCUT2D eigenvalue weighted by Gasteiger charge is 2.29. The molecule has 0 heterocycles. The van der Waals surface area contributed by atoms with E-state index in [0.717, 1.165) is 0 Å². The quantitative estimate of drug-likeness (QED) is 0.880. The van der Waals surface area contributed by atoms with Gasteiger partial charge in [-0.1, -0.05) is 26.8 Å². The largest absolute Gasteiger partial charge is 0.481 e. The summed E-state index contributed by atoms with van der Waals surface area (Å²) in [7, 11) is 0. The maximum atomic E-state index is 13.4. The summed E-state index contributed by atoms with van der Waals surface area (Å²) in [6, 6.07) is 3.59. The lowest BCUT2D eigenvalue weighted by molar-refractivity contribution is -0.138. The van der Waals surface area contributed by atoms with Crippen molar-refractivity contribution in [2.75, 3.05) is 0 Å². The smallest absolute Gasteiger partial charge is 0.305 e. The Morgan fingerprint density at radius 2 is 2.00 bits per heavy atom. The van der Waals surface area contributed by atoms with Crippen LogP contribution in [-0.4, -0.2) is 23.0 Å². The summed E-state index contributed by atoms with van der Waals surface area (Å²) in [6.45, 7) is 5.50. The number of halogens is 2. The highest BCUT2D eigenvalue weighted by atomic mass is 79.9. The molecular weight excluding hydrogens is 329 g/mol. The Morgan fingerprint density at radius 3 is 2.50 bits per heavy atom. The molecule has 0 fully saturated rings. The summed E-state index contributed by atoms with van der Waals surface area (Å²) in [5.41, 5.74) is -0.280. The van der Waals surface area contributed by atoms with E-state index in [1.807, 2.05) is 20.8 Å². The van der Waals surface area contributed by atoms with Crippen molar-refractivity contribution in [1.82, 2.24) is 5.32 Å². The molecule has 4 nitrogen and oxygen atoms in total. The van der Waals surface area contributed by atoms with Crippen LogP contribution in [0.5, 0.6) is 0 Å². The molecule has 1 unspecified atom stereocenters. The topological polar surface area (TPSA) is 66.4 Å². The number of carboxylic acids is 1. The van der Waals surface area contributed by atoms with Gasteiger partial charge in [-0.15, -0.1) is 0 Å². The normalized spacial score (nSPS) is 12.8. The first kappa shape index (κ1) is 16.6. The Kier molecular flexibility index (Phi) is 5.28. The van der Waals surface area contributed by atoms with Gasteiger partial charge in [0.05, 0.1) is 16.5 Å². The number of nitrogens with one attached hydrogen (secondary N) is 1. The predicted octanol–water partition coefficient (Wildman–Crippen LogP) is 3.21. The minimum atomic E-state index is -0.997. The van der Waals surface area contributed by atoms with Gasteiger partial charge in [-0.05, 0) is 33.5 Å². The van der Waals surface area contributed by atoms with Crippen molar-refractivity contribution < 1.29 is 19.1 Å². The van der Waals surface area contributed by atoms with Crippen LogP contribution in [0.15, 0.2) is 22.7 Å². The Bertz CT molecular complexity index is 526. The van der Waals surface area contributed by atoms with Gasteiger partial charge >= 0.3 is 5.97 Å². The second-order valence-corrected chi connectivity index (χ2v) is 6.38. The van der Waals surface area contributed by atoms with Gasteiger partial charge in [0.15, 0.2) is 0 Å². The first-order valence-electron chi connectivity index (χ1n) is 6.09. The molecule has 0 bridgehead atoms. The minimum absolute atomic E-state index is 0.0699. The van der Waals surface area contributed by atoms with Gasteiger partial charge in [0, 0.05) is 6.04 Å². The second kappa shape index (κ2) is 6.35. The Morgan fingerprint density at radius 1 is 1.40 bits per heavy atom. The molecule has 0 spiro atoms. The highest BCUT2D eigenvalue weighted by molar-refractivity contribution is 9.10. The van der Waals surface area contributed by atoms with E-state index in [9.17, 15) is 14.0 Å². The van der Waals surface area contributed by atoms with Crippen LogP contribution in [0.25, 0.3) is 0 Å². The molecule has 1 aromatic rings. The summed E-state index contributed by atoms with van der Waals surface area (Å²) in [4.78, 5) is 23.0. The van der Waals surface area contributed by atoms with E-state index in [4.69, 9.17) is 5.11 Å². The number of rotatable bonds is 4. The van der Waals surface area contributed by atoms with Crippen LogP contribution in [0.1, 0.15) is 37.6 Å². The zero-order valence-corrected chi connectivity index (χ0v) is 13.1. The Hall–Kier alpha value is -1.43. The summed E-state index contributed by atoms with van der Waals surface area (Å²) >= 11 is 3.02.